The highest BCUT2D eigenvalue weighted by atomic mass is 16.1. The third-order valence-corrected chi connectivity index (χ3v) is 6.62. The van der Waals surface area contributed by atoms with Gasteiger partial charge < -0.3 is 5.32 Å². The Hall–Kier alpha value is -2.18. The average molecular weight is 410 g/mol. The van der Waals surface area contributed by atoms with Gasteiger partial charge in [0.1, 0.15) is 0 Å². The van der Waals surface area contributed by atoms with Crippen molar-refractivity contribution in [2.75, 3.05) is 26.2 Å². The van der Waals surface area contributed by atoms with E-state index in [9.17, 15) is 4.79 Å². The molecule has 1 aromatic carbocycles. The van der Waals surface area contributed by atoms with Crippen molar-refractivity contribution in [2.45, 2.75) is 58.3 Å². The third kappa shape index (κ3) is 5.49. The fourth-order valence-electron chi connectivity index (χ4n) is 4.84. The first-order valence-electron chi connectivity index (χ1n) is 11.5. The van der Waals surface area contributed by atoms with Crippen molar-refractivity contribution >= 4 is 5.91 Å². The molecule has 2 aliphatic rings. The maximum absolute atomic E-state index is 12.8. The Labute approximate surface area is 180 Å². The highest BCUT2D eigenvalue weighted by Gasteiger charge is 2.31. The first kappa shape index (κ1) is 21.1. The predicted molar refractivity (Wildman–Crippen MR) is 119 cm³/mol. The first-order valence-corrected chi connectivity index (χ1v) is 11.5. The molecule has 2 fully saturated rings. The Morgan fingerprint density at radius 3 is 2.63 bits per heavy atom. The first-order chi connectivity index (χ1) is 14.7. The molecular weight excluding hydrogens is 374 g/mol. The zero-order chi connectivity index (χ0) is 20.8. The molecule has 162 valence electrons. The molecule has 2 aliphatic heterocycles. The van der Waals surface area contributed by atoms with Crippen LogP contribution in [0.25, 0.3) is 0 Å². The molecule has 0 radical (unpaired) electrons. The normalized spacial score (nSPS) is 21.6. The third-order valence-electron chi connectivity index (χ3n) is 6.62. The Morgan fingerprint density at radius 2 is 1.90 bits per heavy atom. The van der Waals surface area contributed by atoms with Gasteiger partial charge in [0.25, 0.3) is 0 Å². The molecule has 1 aromatic heterocycles. The number of amides is 1. The van der Waals surface area contributed by atoms with E-state index in [-0.39, 0.29) is 11.8 Å². The molecule has 0 bridgehead atoms. The largest absolute Gasteiger partial charge is 0.352 e. The van der Waals surface area contributed by atoms with Crippen LogP contribution < -0.4 is 5.32 Å². The van der Waals surface area contributed by atoms with Crippen molar-refractivity contribution in [3.05, 3.63) is 53.9 Å². The van der Waals surface area contributed by atoms with E-state index in [4.69, 9.17) is 0 Å². The van der Waals surface area contributed by atoms with Gasteiger partial charge in [0.2, 0.25) is 5.91 Å². The van der Waals surface area contributed by atoms with Crippen molar-refractivity contribution in [1.29, 1.82) is 0 Å². The Bertz CT molecular complexity index is 797. The average Bonchev–Trinajstić information content (AvgIpc) is 3.27. The lowest BCUT2D eigenvalue weighted by molar-refractivity contribution is -0.127. The van der Waals surface area contributed by atoms with E-state index >= 15 is 0 Å². The molecular formula is C24H35N5O. The number of benzene rings is 1. The SMILES string of the molecule is CCn1cc(CNC(=O)C2CCCN(C3CCN(Cc4ccccc4)CC3)C2)cn1. The summed E-state index contributed by atoms with van der Waals surface area (Å²) in [7, 11) is 0. The summed E-state index contributed by atoms with van der Waals surface area (Å²) < 4.78 is 1.90. The zero-order valence-electron chi connectivity index (χ0n) is 18.2. The van der Waals surface area contributed by atoms with Gasteiger partial charge in [0, 0.05) is 44.0 Å². The summed E-state index contributed by atoms with van der Waals surface area (Å²) in [5.41, 5.74) is 2.47. The van der Waals surface area contributed by atoms with Crippen LogP contribution in [-0.4, -0.2) is 57.7 Å². The molecule has 6 nitrogen and oxygen atoms in total. The quantitative estimate of drug-likeness (QED) is 0.764. The van der Waals surface area contributed by atoms with Gasteiger partial charge >= 0.3 is 0 Å². The molecule has 3 heterocycles. The standard InChI is InChI=1S/C24H35N5O/c1-2-29-18-21(16-26-29)15-25-24(30)22-9-6-12-28(19-22)23-10-13-27(14-11-23)17-20-7-4-3-5-8-20/h3-5,7-8,16,18,22-23H,2,6,9-15,17,19H2,1H3,(H,25,30). The van der Waals surface area contributed by atoms with Gasteiger partial charge in [0.05, 0.1) is 12.1 Å². The van der Waals surface area contributed by atoms with E-state index in [1.54, 1.807) is 0 Å². The van der Waals surface area contributed by atoms with Crippen molar-refractivity contribution in [1.82, 2.24) is 24.9 Å². The second kappa shape index (κ2) is 10.2. The van der Waals surface area contributed by atoms with E-state index in [1.165, 1.54) is 18.4 Å². The smallest absolute Gasteiger partial charge is 0.224 e. The molecule has 30 heavy (non-hydrogen) atoms. The number of likely N-dealkylation sites (tertiary alicyclic amines) is 2. The van der Waals surface area contributed by atoms with Crippen LogP contribution in [0, 0.1) is 5.92 Å². The van der Waals surface area contributed by atoms with E-state index in [0.29, 0.717) is 12.6 Å². The summed E-state index contributed by atoms with van der Waals surface area (Å²) in [6.07, 6.45) is 8.39. The van der Waals surface area contributed by atoms with Crippen LogP contribution in [0.3, 0.4) is 0 Å². The number of aromatic nitrogens is 2. The van der Waals surface area contributed by atoms with Gasteiger partial charge in [-0.1, -0.05) is 30.3 Å². The molecule has 1 amide bonds. The van der Waals surface area contributed by atoms with Crippen LogP contribution in [0.1, 0.15) is 43.7 Å². The number of piperidine rings is 2. The van der Waals surface area contributed by atoms with E-state index < -0.39 is 0 Å². The summed E-state index contributed by atoms with van der Waals surface area (Å²) in [4.78, 5) is 17.9. The second-order valence-electron chi connectivity index (χ2n) is 8.75. The van der Waals surface area contributed by atoms with Gasteiger partial charge in [-0.25, -0.2) is 0 Å². The predicted octanol–water partition coefficient (Wildman–Crippen LogP) is 2.90. The van der Waals surface area contributed by atoms with E-state index in [1.807, 2.05) is 17.1 Å². The molecule has 0 aliphatic carbocycles. The van der Waals surface area contributed by atoms with Gasteiger partial charge in [0.15, 0.2) is 0 Å². The second-order valence-corrected chi connectivity index (χ2v) is 8.75. The summed E-state index contributed by atoms with van der Waals surface area (Å²) in [5, 5.41) is 7.42. The van der Waals surface area contributed by atoms with Crippen molar-refractivity contribution in [3.63, 3.8) is 0 Å². The number of rotatable bonds is 7. The Balaban J connectivity index is 1.22. The van der Waals surface area contributed by atoms with Crippen molar-refractivity contribution < 1.29 is 4.79 Å². The number of hydrogen-bond acceptors (Lipinski definition) is 4. The van der Waals surface area contributed by atoms with Crippen LogP contribution >= 0.6 is 0 Å². The molecule has 1 atom stereocenters. The molecule has 0 saturated carbocycles. The highest BCUT2D eigenvalue weighted by molar-refractivity contribution is 5.78. The summed E-state index contributed by atoms with van der Waals surface area (Å²) in [5.74, 6) is 0.313. The van der Waals surface area contributed by atoms with Crippen LogP contribution in [0.5, 0.6) is 0 Å². The minimum absolute atomic E-state index is 0.113. The highest BCUT2D eigenvalue weighted by Crippen LogP contribution is 2.24. The summed E-state index contributed by atoms with van der Waals surface area (Å²) >= 11 is 0. The number of nitrogens with one attached hydrogen (secondary N) is 1. The lowest BCUT2D eigenvalue weighted by Crippen LogP contribution is -2.50. The fourth-order valence-corrected chi connectivity index (χ4v) is 4.84. The lowest BCUT2D eigenvalue weighted by Gasteiger charge is -2.42. The van der Waals surface area contributed by atoms with Crippen LogP contribution in [0.15, 0.2) is 42.7 Å². The molecule has 2 saturated heterocycles. The van der Waals surface area contributed by atoms with Crippen LogP contribution in [0.2, 0.25) is 0 Å². The zero-order valence-corrected chi connectivity index (χ0v) is 18.2. The monoisotopic (exact) mass is 409 g/mol. The number of hydrogen-bond donors (Lipinski definition) is 1. The van der Waals surface area contributed by atoms with Crippen molar-refractivity contribution in [2.24, 2.45) is 5.92 Å². The van der Waals surface area contributed by atoms with E-state index in [2.05, 4.69) is 57.5 Å². The molecule has 6 heteroatoms. The number of nitrogens with zero attached hydrogens (tertiary/aromatic N) is 4. The minimum Gasteiger partial charge on any atom is -0.352 e. The summed E-state index contributed by atoms with van der Waals surface area (Å²) in [6, 6.07) is 11.4. The van der Waals surface area contributed by atoms with Crippen molar-refractivity contribution in [3.8, 4) is 0 Å². The number of carbonyl (C=O) groups excluding carboxylic acids is 1. The lowest BCUT2D eigenvalue weighted by atomic mass is 9.93. The molecule has 4 rings (SSSR count). The molecule has 1 unspecified atom stereocenters. The molecule has 1 N–H and O–H groups in total. The Morgan fingerprint density at radius 1 is 1.10 bits per heavy atom. The Kier molecular flexibility index (Phi) is 7.18. The summed E-state index contributed by atoms with van der Waals surface area (Å²) in [6.45, 7) is 8.89. The minimum atomic E-state index is 0.113. The number of aryl methyl sites for hydroxylation is 1. The maximum atomic E-state index is 12.8. The fraction of sp³-hybridized carbons (Fsp3) is 0.583. The number of carbonyl (C=O) groups is 1. The van der Waals surface area contributed by atoms with Gasteiger partial charge in [-0.05, 0) is 57.8 Å². The van der Waals surface area contributed by atoms with Crippen LogP contribution in [-0.2, 0) is 24.4 Å². The van der Waals surface area contributed by atoms with E-state index in [0.717, 1.165) is 57.7 Å². The van der Waals surface area contributed by atoms with Gasteiger partial charge in [-0.2, -0.15) is 5.10 Å². The van der Waals surface area contributed by atoms with Gasteiger partial charge in [-0.15, -0.1) is 0 Å². The van der Waals surface area contributed by atoms with Crippen LogP contribution in [0.4, 0.5) is 0 Å². The van der Waals surface area contributed by atoms with Gasteiger partial charge in [-0.3, -0.25) is 19.3 Å². The maximum Gasteiger partial charge on any atom is 0.224 e. The molecule has 0 spiro atoms. The topological polar surface area (TPSA) is 53.4 Å². The molecule has 2 aromatic rings.